The molecular weight excluding hydrogens is 209 g/mol. The molecule has 0 aliphatic rings. The quantitative estimate of drug-likeness (QED) is 0.593. The average Bonchev–Trinajstić information content (AvgIpc) is 2.85. The van der Waals surface area contributed by atoms with E-state index in [2.05, 4.69) is 41.1 Å². The number of rotatable bonds is 1. The van der Waals surface area contributed by atoms with E-state index in [4.69, 9.17) is 0 Å². The van der Waals surface area contributed by atoms with Crippen molar-refractivity contribution in [1.82, 2.24) is 4.98 Å². The molecule has 3 aromatic rings. The molecule has 1 aromatic carbocycles. The van der Waals surface area contributed by atoms with Gasteiger partial charge >= 0.3 is 0 Å². The summed E-state index contributed by atoms with van der Waals surface area (Å²) >= 11 is 1.75. The molecule has 1 nitrogen and oxygen atoms in total. The van der Waals surface area contributed by atoms with Gasteiger partial charge in [-0.25, -0.2) is 4.98 Å². The van der Waals surface area contributed by atoms with Gasteiger partial charge in [-0.2, -0.15) is 0 Å². The summed E-state index contributed by atoms with van der Waals surface area (Å²) in [7, 11) is -0.292. The van der Waals surface area contributed by atoms with Gasteiger partial charge in [0.15, 0.2) is 0 Å². The van der Waals surface area contributed by atoms with Gasteiger partial charge in [0.25, 0.3) is 0 Å². The molecule has 0 aliphatic carbocycles. The van der Waals surface area contributed by atoms with Crippen LogP contribution in [0.4, 0.5) is 0 Å². The van der Waals surface area contributed by atoms with Crippen molar-refractivity contribution in [3.63, 3.8) is 0 Å². The van der Waals surface area contributed by atoms with Gasteiger partial charge < -0.3 is 0 Å². The lowest BCUT2D eigenvalue weighted by molar-refractivity contribution is 1.47. The van der Waals surface area contributed by atoms with Crippen LogP contribution in [0.25, 0.3) is 15.3 Å². The zero-order valence-corrected chi connectivity index (χ0v) is 9.13. The highest BCUT2D eigenvalue weighted by atomic mass is 32.1. The fourth-order valence-electron chi connectivity index (χ4n) is 1.58. The molecule has 1 atom stereocenters. The molecule has 14 heavy (non-hydrogen) atoms. The molecule has 3 rings (SSSR count). The number of aromatic nitrogens is 1. The Morgan fingerprint density at radius 1 is 1.14 bits per heavy atom. The Morgan fingerprint density at radius 3 is 2.93 bits per heavy atom. The fraction of sp³-hybridized carbons (Fsp3) is 0. The van der Waals surface area contributed by atoms with E-state index in [0.29, 0.717) is 0 Å². The van der Waals surface area contributed by atoms with Gasteiger partial charge in [0.2, 0.25) is 0 Å². The number of hydrogen-bond acceptors (Lipinski definition) is 2. The summed E-state index contributed by atoms with van der Waals surface area (Å²) in [6.07, 6.45) is 1.89. The number of benzene rings is 1. The van der Waals surface area contributed by atoms with Crippen LogP contribution in [-0.4, -0.2) is 4.98 Å². The molecule has 0 radical (unpaired) electrons. The third-order valence-corrected chi connectivity index (χ3v) is 5.61. The van der Waals surface area contributed by atoms with Crippen molar-refractivity contribution in [2.75, 3.05) is 0 Å². The van der Waals surface area contributed by atoms with Gasteiger partial charge in [-0.1, -0.05) is 25.7 Å². The molecule has 0 saturated heterocycles. The standard InChI is InChI=1S/C11H8NPS/c1-2-4-10-9(3-1)5-7-13(10)11-12-6-8-14-11/h1-8H. The minimum atomic E-state index is -0.292. The first-order valence-electron chi connectivity index (χ1n) is 4.41. The topological polar surface area (TPSA) is 12.9 Å². The van der Waals surface area contributed by atoms with Crippen molar-refractivity contribution < 1.29 is 0 Å². The van der Waals surface area contributed by atoms with E-state index < -0.39 is 0 Å². The summed E-state index contributed by atoms with van der Waals surface area (Å²) in [5.74, 6) is 2.29. The SMILES string of the molecule is c1ccc2c(c1)ccp2-c1nccs1. The van der Waals surface area contributed by atoms with Crippen LogP contribution in [0.15, 0.2) is 47.7 Å². The predicted octanol–water partition coefficient (Wildman–Crippen LogP) is 4.27. The van der Waals surface area contributed by atoms with E-state index in [9.17, 15) is 0 Å². The Labute approximate surface area is 87.1 Å². The summed E-state index contributed by atoms with van der Waals surface area (Å²) in [6, 6.07) is 10.8. The first-order valence-corrected chi connectivity index (χ1v) is 6.70. The summed E-state index contributed by atoms with van der Waals surface area (Å²) < 4.78 is 1.25. The maximum Gasteiger partial charge on any atom is 0.138 e. The smallest absolute Gasteiger partial charge is 0.138 e. The predicted molar refractivity (Wildman–Crippen MR) is 63.7 cm³/mol. The lowest BCUT2D eigenvalue weighted by Gasteiger charge is -1.94. The minimum absolute atomic E-state index is 0.292. The largest absolute Gasteiger partial charge is 0.241 e. The van der Waals surface area contributed by atoms with E-state index in [-0.39, 0.29) is 7.53 Å². The van der Waals surface area contributed by atoms with Crippen LogP contribution in [0, 0.1) is 0 Å². The zero-order valence-electron chi connectivity index (χ0n) is 7.42. The van der Waals surface area contributed by atoms with Crippen molar-refractivity contribution >= 4 is 29.4 Å². The van der Waals surface area contributed by atoms with E-state index >= 15 is 0 Å². The Balaban J connectivity index is 2.33. The zero-order chi connectivity index (χ0) is 9.38. The summed E-state index contributed by atoms with van der Waals surface area (Å²) in [5, 5.41) is 4.85. The first-order chi connectivity index (χ1) is 6.95. The highest BCUT2D eigenvalue weighted by molar-refractivity contribution is 7.67. The molecule has 2 aromatic heterocycles. The number of hydrogen-bond donors (Lipinski definition) is 0. The van der Waals surface area contributed by atoms with Crippen LogP contribution >= 0.6 is 18.9 Å². The van der Waals surface area contributed by atoms with E-state index in [1.165, 1.54) is 15.3 Å². The second kappa shape index (κ2) is 3.23. The maximum absolute atomic E-state index is 4.39. The number of thiazole rings is 1. The fourth-order valence-corrected chi connectivity index (χ4v) is 4.73. The highest BCUT2D eigenvalue weighted by Gasteiger charge is 2.05. The molecule has 0 N–H and O–H groups in total. The Morgan fingerprint density at radius 2 is 2.07 bits per heavy atom. The molecular formula is C11H8NPS. The van der Waals surface area contributed by atoms with Gasteiger partial charge in [-0.05, 0) is 23.3 Å². The van der Waals surface area contributed by atoms with Crippen LogP contribution < -0.4 is 0 Å². The monoisotopic (exact) mass is 217 g/mol. The second-order valence-electron chi connectivity index (χ2n) is 3.06. The Hall–Kier alpha value is -1.11. The molecule has 0 bridgehead atoms. The molecule has 0 fully saturated rings. The van der Waals surface area contributed by atoms with Gasteiger partial charge in [0.05, 0.1) is 0 Å². The van der Waals surface area contributed by atoms with Gasteiger partial charge in [-0.15, -0.1) is 11.3 Å². The number of nitrogens with zero attached hydrogens (tertiary/aromatic N) is 1. The molecule has 0 spiro atoms. The molecule has 0 aliphatic heterocycles. The second-order valence-corrected chi connectivity index (χ2v) is 6.20. The van der Waals surface area contributed by atoms with E-state index in [1.807, 2.05) is 11.6 Å². The summed E-state index contributed by atoms with van der Waals surface area (Å²) in [4.78, 5) is 4.39. The Bertz CT molecular complexity index is 553. The summed E-state index contributed by atoms with van der Waals surface area (Å²) in [5.41, 5.74) is 0. The molecule has 2 heterocycles. The first kappa shape index (κ1) is 8.22. The van der Waals surface area contributed by atoms with Crippen LogP contribution in [0.3, 0.4) is 0 Å². The maximum atomic E-state index is 4.39. The average molecular weight is 217 g/mol. The molecule has 3 heteroatoms. The van der Waals surface area contributed by atoms with Gasteiger partial charge in [0, 0.05) is 16.7 Å². The lowest BCUT2D eigenvalue weighted by atomic mass is 10.3. The molecule has 68 valence electrons. The van der Waals surface area contributed by atoms with Crippen molar-refractivity contribution in [1.29, 1.82) is 0 Å². The third-order valence-electron chi connectivity index (χ3n) is 2.22. The summed E-state index contributed by atoms with van der Waals surface area (Å²) in [6.45, 7) is 0. The minimum Gasteiger partial charge on any atom is -0.241 e. The van der Waals surface area contributed by atoms with Crippen LogP contribution in [0.2, 0.25) is 0 Å². The highest BCUT2D eigenvalue weighted by Crippen LogP contribution is 2.47. The van der Waals surface area contributed by atoms with Crippen LogP contribution in [-0.2, 0) is 0 Å². The lowest BCUT2D eigenvalue weighted by Crippen LogP contribution is -1.61. The molecule has 1 unspecified atom stereocenters. The molecule has 0 saturated carbocycles. The van der Waals surface area contributed by atoms with Crippen molar-refractivity contribution in [2.45, 2.75) is 0 Å². The normalized spacial score (nSPS) is 12.1. The molecule has 0 amide bonds. The Kier molecular flexibility index (Phi) is 1.90. The van der Waals surface area contributed by atoms with Crippen molar-refractivity contribution in [2.24, 2.45) is 0 Å². The van der Waals surface area contributed by atoms with Crippen LogP contribution in [0.5, 0.6) is 0 Å². The van der Waals surface area contributed by atoms with Crippen molar-refractivity contribution in [3.8, 4) is 4.75 Å². The van der Waals surface area contributed by atoms with E-state index in [0.717, 1.165) is 0 Å². The van der Waals surface area contributed by atoms with Gasteiger partial charge in [-0.3, -0.25) is 0 Å². The number of fused-ring (bicyclic) bond motifs is 1. The van der Waals surface area contributed by atoms with Crippen molar-refractivity contribution in [3.05, 3.63) is 47.7 Å². The van der Waals surface area contributed by atoms with Crippen LogP contribution in [0.1, 0.15) is 0 Å². The van der Waals surface area contributed by atoms with Gasteiger partial charge in [0.1, 0.15) is 4.75 Å². The third kappa shape index (κ3) is 1.19. The van der Waals surface area contributed by atoms with E-state index in [1.54, 1.807) is 11.3 Å².